The molecule has 0 heterocycles. The zero-order valence-corrected chi connectivity index (χ0v) is 7.58. The number of hydrogen-bond acceptors (Lipinski definition) is 2. The molecule has 0 unspecified atom stereocenters. The number of aliphatic hydroxyl groups excluding tert-OH is 2. The molecule has 2 N–H and O–H groups in total. The highest BCUT2D eigenvalue weighted by atomic mass is 16.3. The lowest BCUT2D eigenvalue weighted by Crippen LogP contribution is -2.04. The van der Waals surface area contributed by atoms with Gasteiger partial charge in [0.25, 0.3) is 0 Å². The van der Waals surface area contributed by atoms with Gasteiger partial charge in [0.15, 0.2) is 0 Å². The van der Waals surface area contributed by atoms with Crippen LogP contribution in [0.25, 0.3) is 0 Å². The molecule has 0 atom stereocenters. The summed E-state index contributed by atoms with van der Waals surface area (Å²) in [5.74, 6) is 0.315. The van der Waals surface area contributed by atoms with Crippen LogP contribution in [-0.2, 0) is 0 Å². The van der Waals surface area contributed by atoms with Crippen LogP contribution in [0.3, 0.4) is 0 Å². The monoisotopic (exact) mass is 172 g/mol. The van der Waals surface area contributed by atoms with Crippen molar-refractivity contribution in [1.82, 2.24) is 0 Å². The molecule has 72 valence electrons. The van der Waals surface area contributed by atoms with Crippen LogP contribution < -0.4 is 0 Å². The van der Waals surface area contributed by atoms with Crippen LogP contribution in [0.15, 0.2) is 0 Å². The summed E-state index contributed by atoms with van der Waals surface area (Å²) in [6, 6.07) is 0. The molecule has 0 spiro atoms. The Kier molecular flexibility index (Phi) is 8.65. The summed E-state index contributed by atoms with van der Waals surface area (Å²) in [4.78, 5) is 0. The molecule has 2 nitrogen and oxygen atoms in total. The van der Waals surface area contributed by atoms with E-state index >= 15 is 0 Å². The van der Waals surface area contributed by atoms with Crippen molar-refractivity contribution in [3.05, 3.63) is 0 Å². The molecule has 0 aromatic rings. The van der Waals surface area contributed by atoms with Gasteiger partial charge in [-0.2, -0.15) is 0 Å². The SMILES string of the molecule is [3H]CC(C)C.[3H]CC(CO)CO.[3H]C[3H]. The van der Waals surface area contributed by atoms with Gasteiger partial charge in [-0.1, -0.05) is 35.0 Å². The maximum atomic E-state index is 8.25. The van der Waals surface area contributed by atoms with Crippen LogP contribution in [-0.4, -0.2) is 23.4 Å². The van der Waals surface area contributed by atoms with E-state index < -0.39 is 0 Å². The first-order valence-corrected chi connectivity index (χ1v) is 3.42. The third kappa shape index (κ3) is 40.5. The number of rotatable bonds is 2. The summed E-state index contributed by atoms with van der Waals surface area (Å²) in [5, 5.41) is 16.5. The Labute approximate surface area is 76.9 Å². The molecular weight excluding hydrogens is 140 g/mol. The van der Waals surface area contributed by atoms with E-state index in [4.69, 9.17) is 15.7 Å². The molecule has 0 rings (SSSR count). The third-order valence-corrected chi connectivity index (χ3v) is 0.516. The molecule has 0 radical (unpaired) electrons. The van der Waals surface area contributed by atoms with E-state index in [1.165, 1.54) is 0 Å². The van der Waals surface area contributed by atoms with Crippen molar-refractivity contribution in [3.63, 3.8) is 0 Å². The standard InChI is InChI=1S/C4H10O2.C4H10.CH4/c1-4(2-5)3-6;1-4(2)3;/h4-6H,2-3H2,1H3;4H,1-3H3;1H4/i2*1T;1T2. The normalized spacial score (nSPS) is 12.9. The van der Waals surface area contributed by atoms with Crippen molar-refractivity contribution < 1.29 is 15.7 Å². The second-order valence-corrected chi connectivity index (χ2v) is 2.63. The minimum Gasteiger partial charge on any atom is -0.396 e. The summed E-state index contributed by atoms with van der Waals surface area (Å²) in [5.41, 5.74) is 0. The lowest BCUT2D eigenvalue weighted by molar-refractivity contribution is 0.162. The molecule has 0 saturated heterocycles. The van der Waals surface area contributed by atoms with Crippen LogP contribution >= 0.6 is 0 Å². The van der Waals surface area contributed by atoms with Gasteiger partial charge in [0.1, 0.15) is 0 Å². The molecule has 0 saturated carbocycles. The molecule has 2 heteroatoms. The lowest BCUT2D eigenvalue weighted by Gasteiger charge is -1.97. The first kappa shape index (κ1) is 7.56. The first-order valence-electron chi connectivity index (χ1n) is 6.25. The molecule has 0 aliphatic heterocycles. The Bertz CT molecular complexity index is 84.7. The van der Waals surface area contributed by atoms with E-state index in [1.807, 2.05) is 13.8 Å². The average Bonchev–Trinajstić information content (AvgIpc) is 2.22. The van der Waals surface area contributed by atoms with Crippen molar-refractivity contribution in [2.45, 2.75) is 35.0 Å². The minimum atomic E-state index is -0.250. The molecule has 11 heavy (non-hydrogen) atoms. The average molecular weight is 172 g/mol. The smallest absolute Gasteiger partial charge is 0.0478 e. The zero-order chi connectivity index (χ0) is 12.7. The fraction of sp³-hybridized carbons (Fsp3) is 1.00. The van der Waals surface area contributed by atoms with E-state index in [0.717, 1.165) is 0 Å². The van der Waals surface area contributed by atoms with E-state index in [0.29, 0.717) is 12.8 Å². The number of hydrogen-bond donors (Lipinski definition) is 2. The molecule has 0 aliphatic carbocycles. The quantitative estimate of drug-likeness (QED) is 0.668. The highest BCUT2D eigenvalue weighted by Crippen LogP contribution is 1.85. The topological polar surface area (TPSA) is 40.5 Å². The van der Waals surface area contributed by atoms with Crippen molar-refractivity contribution in [1.29, 1.82) is 0 Å². The second kappa shape index (κ2) is 12.6. The maximum Gasteiger partial charge on any atom is 0.0478 e. The summed E-state index contributed by atoms with van der Waals surface area (Å²) >= 11 is 0. The van der Waals surface area contributed by atoms with Gasteiger partial charge in [0.05, 0.1) is 0 Å². The fourth-order valence-corrected chi connectivity index (χ4v) is 0.0577. The zero-order valence-electron chi connectivity index (χ0n) is 11.6. The van der Waals surface area contributed by atoms with E-state index in [9.17, 15) is 0 Å². The van der Waals surface area contributed by atoms with Crippen LogP contribution in [0, 0.1) is 11.8 Å². The molecule has 0 amide bonds. The van der Waals surface area contributed by atoms with Crippen LogP contribution in [0.1, 0.15) is 40.5 Å². The molecular formula is C9H24O2. The lowest BCUT2D eigenvalue weighted by atomic mass is 10.2. The molecule has 0 aromatic heterocycles. The molecule has 0 fully saturated rings. The van der Waals surface area contributed by atoms with Gasteiger partial charge in [-0.15, -0.1) is 0 Å². The summed E-state index contributed by atoms with van der Waals surface area (Å²) in [6.45, 7) is 4.56. The van der Waals surface area contributed by atoms with E-state index in [1.54, 1.807) is 0 Å². The Hall–Kier alpha value is -0.0800. The van der Waals surface area contributed by atoms with Gasteiger partial charge < -0.3 is 10.2 Å². The molecule has 0 bridgehead atoms. The Morgan fingerprint density at radius 3 is 1.73 bits per heavy atom. The van der Waals surface area contributed by atoms with E-state index in [2.05, 4.69) is 0 Å². The molecule has 0 aromatic carbocycles. The van der Waals surface area contributed by atoms with Crippen molar-refractivity contribution >= 4 is 0 Å². The van der Waals surface area contributed by atoms with Gasteiger partial charge in [0.2, 0.25) is 0 Å². The highest BCUT2D eigenvalue weighted by molar-refractivity contribution is 4.41. The molecule has 0 aliphatic rings. The Morgan fingerprint density at radius 2 is 1.73 bits per heavy atom. The van der Waals surface area contributed by atoms with Gasteiger partial charge in [0, 0.05) is 24.6 Å². The van der Waals surface area contributed by atoms with Crippen molar-refractivity contribution in [3.8, 4) is 0 Å². The van der Waals surface area contributed by atoms with Gasteiger partial charge >= 0.3 is 0 Å². The second-order valence-electron chi connectivity index (χ2n) is 2.63. The highest BCUT2D eigenvalue weighted by Gasteiger charge is 1.91. The van der Waals surface area contributed by atoms with Crippen LogP contribution in [0.4, 0.5) is 0 Å². The van der Waals surface area contributed by atoms with E-state index in [-0.39, 0.29) is 33.4 Å². The number of aliphatic hydroxyl groups is 2. The van der Waals surface area contributed by atoms with Crippen LogP contribution in [0.5, 0.6) is 0 Å². The predicted octanol–water partition coefficient (Wildman–Crippen LogP) is 1.91. The van der Waals surface area contributed by atoms with Crippen LogP contribution in [0.2, 0.25) is 0 Å². The predicted molar refractivity (Wildman–Crippen MR) is 50.6 cm³/mol. The summed E-state index contributed by atoms with van der Waals surface area (Å²) in [6.07, 6.45) is 0. The summed E-state index contributed by atoms with van der Waals surface area (Å²) in [7, 11) is -0.250. The minimum absolute atomic E-state index is 0.0833. The fourth-order valence-electron chi connectivity index (χ4n) is 0.0577. The largest absolute Gasteiger partial charge is 0.396 e. The Balaban J connectivity index is -0.000000158. The third-order valence-electron chi connectivity index (χ3n) is 0.516. The van der Waals surface area contributed by atoms with Gasteiger partial charge in [-0.05, 0) is 5.92 Å². The Morgan fingerprint density at radius 1 is 1.36 bits per heavy atom. The maximum absolute atomic E-state index is 8.25. The van der Waals surface area contributed by atoms with Crippen molar-refractivity contribution in [2.24, 2.45) is 11.8 Å². The summed E-state index contributed by atoms with van der Waals surface area (Å²) < 4.78 is 25.0. The van der Waals surface area contributed by atoms with Gasteiger partial charge in [-0.25, -0.2) is 0 Å². The van der Waals surface area contributed by atoms with Crippen molar-refractivity contribution in [2.75, 3.05) is 13.2 Å². The van der Waals surface area contributed by atoms with Gasteiger partial charge in [-0.3, -0.25) is 0 Å². The first-order chi connectivity index (χ1) is 7.03.